The Hall–Kier alpha value is -0.890. The first-order valence-corrected chi connectivity index (χ1v) is 9.52. The summed E-state index contributed by atoms with van der Waals surface area (Å²) >= 11 is 2.33. The molecule has 2 atom stereocenters. The summed E-state index contributed by atoms with van der Waals surface area (Å²) in [6.45, 7) is 3.02. The van der Waals surface area contributed by atoms with Gasteiger partial charge >= 0.3 is 6.09 Å². The van der Waals surface area contributed by atoms with Gasteiger partial charge in [-0.05, 0) is 43.9 Å². The van der Waals surface area contributed by atoms with Crippen molar-refractivity contribution in [1.29, 1.82) is 0 Å². The molecule has 1 aromatic rings. The molecule has 1 fully saturated rings. The molecule has 0 unspecified atom stereocenters. The number of amides is 1. The summed E-state index contributed by atoms with van der Waals surface area (Å²) in [7, 11) is 0. The van der Waals surface area contributed by atoms with Crippen LogP contribution in [-0.4, -0.2) is 40.8 Å². The fourth-order valence-corrected chi connectivity index (χ4v) is 3.35. The minimum Gasteiger partial charge on any atom is -0.450 e. The topological polar surface area (TPSA) is 38.8 Å². The molecule has 0 bridgehead atoms. The highest BCUT2D eigenvalue weighted by Crippen LogP contribution is 2.22. The maximum atomic E-state index is 13.0. The van der Waals surface area contributed by atoms with Crippen molar-refractivity contribution in [2.75, 3.05) is 17.6 Å². The van der Waals surface area contributed by atoms with E-state index < -0.39 is 0 Å². The molecule has 0 radical (unpaired) electrons. The average Bonchev–Trinajstić information content (AvgIpc) is 2.56. The molecule has 4 nitrogen and oxygen atoms in total. The summed E-state index contributed by atoms with van der Waals surface area (Å²) < 4.78 is 25.2. The van der Waals surface area contributed by atoms with Crippen LogP contribution >= 0.6 is 22.6 Å². The predicted molar refractivity (Wildman–Crippen MR) is 95.2 cm³/mol. The van der Waals surface area contributed by atoms with Crippen molar-refractivity contribution >= 4 is 28.7 Å². The number of benzene rings is 1. The van der Waals surface area contributed by atoms with Gasteiger partial charge in [-0.1, -0.05) is 34.7 Å². The first-order valence-electron chi connectivity index (χ1n) is 8.00. The first kappa shape index (κ1) is 18.4. The van der Waals surface area contributed by atoms with E-state index in [4.69, 9.17) is 9.47 Å². The van der Waals surface area contributed by atoms with Gasteiger partial charge in [-0.2, -0.15) is 0 Å². The van der Waals surface area contributed by atoms with Crippen LogP contribution in [-0.2, 0) is 16.0 Å². The average molecular weight is 435 g/mol. The third-order valence-electron chi connectivity index (χ3n) is 3.85. The van der Waals surface area contributed by atoms with E-state index in [0.29, 0.717) is 19.7 Å². The van der Waals surface area contributed by atoms with Crippen LogP contribution < -0.4 is 0 Å². The minimum atomic E-state index is -0.350. The van der Waals surface area contributed by atoms with Crippen LogP contribution in [0.3, 0.4) is 0 Å². The molecule has 1 aromatic carbocycles. The number of carbonyl (C=O) groups is 1. The number of hydrogen-bond acceptors (Lipinski definition) is 3. The summed E-state index contributed by atoms with van der Waals surface area (Å²) in [5.41, 5.74) is 0.876. The fraction of sp³-hybridized carbons (Fsp3) is 0.588. The molecule has 0 aliphatic carbocycles. The van der Waals surface area contributed by atoms with Crippen molar-refractivity contribution in [3.05, 3.63) is 35.6 Å². The monoisotopic (exact) mass is 435 g/mol. The Morgan fingerprint density at radius 3 is 2.70 bits per heavy atom. The lowest BCUT2D eigenvalue weighted by molar-refractivity contribution is -0.0502. The standard InChI is InChI=1S/C17H23FINO3/c1-2-22-17(21)20(11-13-6-8-14(18)9-7-13)12-16-5-3-4-15(10-19)23-16/h6-9,15-16H,2-5,10-12H2,1H3/t15-,16+/m1/s1. The molecule has 1 saturated heterocycles. The van der Waals surface area contributed by atoms with Gasteiger partial charge in [0.15, 0.2) is 0 Å². The Bertz CT molecular complexity index is 497. The normalized spacial score (nSPS) is 21.0. The highest BCUT2D eigenvalue weighted by atomic mass is 127. The SMILES string of the molecule is CCOC(=O)N(Cc1ccc(F)cc1)C[C@@H]1CCC[C@H](CI)O1. The van der Waals surface area contributed by atoms with Gasteiger partial charge in [0.25, 0.3) is 0 Å². The molecular weight excluding hydrogens is 412 g/mol. The maximum absolute atomic E-state index is 13.0. The zero-order valence-corrected chi connectivity index (χ0v) is 15.5. The van der Waals surface area contributed by atoms with Crippen molar-refractivity contribution in [2.45, 2.75) is 44.9 Å². The Balaban J connectivity index is 2.01. The number of halogens is 2. The van der Waals surface area contributed by atoms with Gasteiger partial charge in [0.2, 0.25) is 0 Å². The molecule has 0 saturated carbocycles. The number of alkyl halides is 1. The molecule has 0 spiro atoms. The van der Waals surface area contributed by atoms with Crippen LogP contribution in [0.4, 0.5) is 9.18 Å². The fourth-order valence-electron chi connectivity index (χ4n) is 2.70. The van der Waals surface area contributed by atoms with Gasteiger partial charge in [-0.15, -0.1) is 0 Å². The second-order valence-corrected chi connectivity index (χ2v) is 6.55. The third-order valence-corrected chi connectivity index (χ3v) is 4.83. The summed E-state index contributed by atoms with van der Waals surface area (Å²) in [4.78, 5) is 13.9. The Labute approximate surface area is 150 Å². The van der Waals surface area contributed by atoms with Crippen LogP contribution in [0.1, 0.15) is 31.7 Å². The first-order chi connectivity index (χ1) is 11.1. The largest absolute Gasteiger partial charge is 0.450 e. The summed E-state index contributed by atoms with van der Waals surface area (Å²) in [5, 5.41) is 0. The van der Waals surface area contributed by atoms with Crippen molar-refractivity contribution in [3.8, 4) is 0 Å². The van der Waals surface area contributed by atoms with Crippen LogP contribution in [0, 0.1) is 5.82 Å². The second-order valence-electron chi connectivity index (χ2n) is 5.67. The number of ether oxygens (including phenoxy) is 2. The van der Waals surface area contributed by atoms with Crippen molar-refractivity contribution < 1.29 is 18.7 Å². The van der Waals surface area contributed by atoms with Crippen LogP contribution in [0.25, 0.3) is 0 Å². The molecule has 128 valence electrons. The number of rotatable bonds is 6. The molecule has 6 heteroatoms. The van der Waals surface area contributed by atoms with Crippen LogP contribution in [0.2, 0.25) is 0 Å². The quantitative estimate of drug-likeness (QED) is 0.498. The Morgan fingerprint density at radius 2 is 2.04 bits per heavy atom. The van der Waals surface area contributed by atoms with Crippen molar-refractivity contribution in [2.24, 2.45) is 0 Å². The molecule has 1 heterocycles. The van der Waals surface area contributed by atoms with Gasteiger partial charge in [0.1, 0.15) is 5.82 Å². The number of hydrogen-bond donors (Lipinski definition) is 0. The van der Waals surface area contributed by atoms with E-state index in [1.165, 1.54) is 12.1 Å². The van der Waals surface area contributed by atoms with Crippen LogP contribution in [0.15, 0.2) is 24.3 Å². The van der Waals surface area contributed by atoms with E-state index in [1.807, 2.05) is 0 Å². The minimum absolute atomic E-state index is 0.0355. The smallest absolute Gasteiger partial charge is 0.410 e. The zero-order chi connectivity index (χ0) is 16.7. The van der Waals surface area contributed by atoms with Crippen LogP contribution in [0.5, 0.6) is 0 Å². The van der Waals surface area contributed by atoms with E-state index in [-0.39, 0.29) is 24.1 Å². The molecule has 0 aromatic heterocycles. The predicted octanol–water partition coefficient (Wildman–Crippen LogP) is 4.16. The third kappa shape index (κ3) is 5.91. The lowest BCUT2D eigenvalue weighted by atomic mass is 10.0. The van der Waals surface area contributed by atoms with Crippen molar-refractivity contribution in [3.63, 3.8) is 0 Å². The van der Waals surface area contributed by atoms with Gasteiger partial charge in [-0.25, -0.2) is 9.18 Å². The lowest BCUT2D eigenvalue weighted by Crippen LogP contribution is -2.41. The molecule has 23 heavy (non-hydrogen) atoms. The Morgan fingerprint density at radius 1 is 1.35 bits per heavy atom. The molecule has 2 rings (SSSR count). The van der Waals surface area contributed by atoms with Gasteiger partial charge in [-0.3, -0.25) is 0 Å². The maximum Gasteiger partial charge on any atom is 0.410 e. The molecule has 1 amide bonds. The molecule has 1 aliphatic heterocycles. The highest BCUT2D eigenvalue weighted by Gasteiger charge is 2.26. The van der Waals surface area contributed by atoms with Gasteiger partial charge in [0.05, 0.1) is 25.4 Å². The summed E-state index contributed by atoms with van der Waals surface area (Å²) in [6, 6.07) is 6.19. The lowest BCUT2D eigenvalue weighted by Gasteiger charge is -2.33. The number of nitrogens with zero attached hydrogens (tertiary/aromatic N) is 1. The zero-order valence-electron chi connectivity index (χ0n) is 13.3. The summed E-state index contributed by atoms with van der Waals surface area (Å²) in [6.07, 6.45) is 3.10. The van der Waals surface area contributed by atoms with Crippen molar-refractivity contribution in [1.82, 2.24) is 4.90 Å². The van der Waals surface area contributed by atoms with E-state index in [0.717, 1.165) is 29.3 Å². The van der Waals surface area contributed by atoms with Gasteiger partial charge in [0, 0.05) is 11.0 Å². The summed E-state index contributed by atoms with van der Waals surface area (Å²) in [5.74, 6) is -0.281. The number of carbonyl (C=O) groups excluding carboxylic acids is 1. The van der Waals surface area contributed by atoms with Gasteiger partial charge < -0.3 is 14.4 Å². The highest BCUT2D eigenvalue weighted by molar-refractivity contribution is 14.1. The second kappa shape index (κ2) is 9.42. The Kier molecular flexibility index (Phi) is 7.55. The van der Waals surface area contributed by atoms with E-state index in [2.05, 4.69) is 22.6 Å². The molecular formula is C17H23FINO3. The van der Waals surface area contributed by atoms with E-state index >= 15 is 0 Å². The van der Waals surface area contributed by atoms with E-state index in [9.17, 15) is 9.18 Å². The molecule has 0 N–H and O–H groups in total. The molecule has 1 aliphatic rings. The van der Waals surface area contributed by atoms with E-state index in [1.54, 1.807) is 24.0 Å².